The molecule has 2 amide bonds. The molecule has 4 heterocycles. The molecule has 27 heavy (non-hydrogen) atoms. The number of likely N-dealkylation sites (tertiary alicyclic amines) is 1. The molecule has 3 aliphatic rings. The lowest BCUT2D eigenvalue weighted by Gasteiger charge is -2.43. The van der Waals surface area contributed by atoms with Crippen molar-refractivity contribution in [2.24, 2.45) is 5.92 Å². The van der Waals surface area contributed by atoms with E-state index < -0.39 is 0 Å². The number of amides is 2. The van der Waals surface area contributed by atoms with Gasteiger partial charge in [-0.2, -0.15) is 0 Å². The van der Waals surface area contributed by atoms with Crippen molar-refractivity contribution in [2.45, 2.75) is 18.9 Å². The molecule has 0 radical (unpaired) electrons. The van der Waals surface area contributed by atoms with Crippen LogP contribution in [0.25, 0.3) is 0 Å². The number of fused-ring (bicyclic) bond motifs is 5. The summed E-state index contributed by atoms with van der Waals surface area (Å²) in [6, 6.07) is 12.5. The van der Waals surface area contributed by atoms with Gasteiger partial charge >= 0.3 is 0 Å². The molecule has 2 aromatic rings. The topological polar surface area (TPSA) is 62.6 Å². The van der Waals surface area contributed by atoms with Gasteiger partial charge in [-0.15, -0.1) is 0 Å². The first kappa shape index (κ1) is 16.4. The Morgan fingerprint density at radius 1 is 0.815 bits per heavy atom. The van der Waals surface area contributed by atoms with Crippen LogP contribution in [0.2, 0.25) is 0 Å². The Morgan fingerprint density at radius 2 is 1.56 bits per heavy atom. The smallest absolute Gasteiger partial charge is 0.261 e. The summed E-state index contributed by atoms with van der Waals surface area (Å²) in [5.41, 5.74) is 2.21. The Hall–Kier alpha value is -2.73. The summed E-state index contributed by atoms with van der Waals surface area (Å²) in [5, 5.41) is 0. The molecule has 2 bridgehead atoms. The minimum atomic E-state index is -0.190. The van der Waals surface area contributed by atoms with E-state index in [-0.39, 0.29) is 17.4 Å². The highest BCUT2D eigenvalue weighted by Crippen LogP contribution is 2.35. The third kappa shape index (κ3) is 2.63. The van der Waals surface area contributed by atoms with Crippen molar-refractivity contribution < 1.29 is 9.59 Å². The largest absolute Gasteiger partial charge is 0.312 e. The Bertz CT molecular complexity index is 961. The van der Waals surface area contributed by atoms with Gasteiger partial charge in [0, 0.05) is 50.4 Å². The van der Waals surface area contributed by atoms with Gasteiger partial charge in [0.15, 0.2) is 0 Å². The molecule has 2 unspecified atom stereocenters. The van der Waals surface area contributed by atoms with Crippen LogP contribution in [0.15, 0.2) is 47.3 Å². The maximum Gasteiger partial charge on any atom is 0.261 e. The number of hydrogen-bond donors (Lipinski definition) is 0. The number of benzene rings is 1. The molecule has 0 saturated carbocycles. The molecule has 0 aliphatic carbocycles. The lowest BCUT2D eigenvalue weighted by Crippen LogP contribution is -2.49. The Morgan fingerprint density at radius 3 is 2.30 bits per heavy atom. The first-order valence-corrected chi connectivity index (χ1v) is 9.49. The molecule has 6 nitrogen and oxygen atoms in total. The van der Waals surface area contributed by atoms with Gasteiger partial charge in [0.05, 0.1) is 11.1 Å². The van der Waals surface area contributed by atoms with Gasteiger partial charge in [-0.25, -0.2) is 0 Å². The van der Waals surface area contributed by atoms with Gasteiger partial charge in [0.1, 0.15) is 0 Å². The second-order valence-electron chi connectivity index (χ2n) is 7.77. The van der Waals surface area contributed by atoms with E-state index in [1.807, 2.05) is 10.6 Å². The number of hydrogen-bond acceptors (Lipinski definition) is 4. The fourth-order valence-electron chi connectivity index (χ4n) is 4.86. The average molecular weight is 363 g/mol. The molecular weight excluding hydrogens is 342 g/mol. The molecule has 0 N–H and O–H groups in total. The second kappa shape index (κ2) is 6.16. The van der Waals surface area contributed by atoms with E-state index in [0.717, 1.165) is 31.7 Å². The summed E-state index contributed by atoms with van der Waals surface area (Å²) in [7, 11) is 0. The van der Waals surface area contributed by atoms with Crippen molar-refractivity contribution in [1.29, 1.82) is 0 Å². The van der Waals surface area contributed by atoms with Crippen LogP contribution >= 0.6 is 0 Å². The van der Waals surface area contributed by atoms with Crippen molar-refractivity contribution in [3.05, 3.63) is 69.6 Å². The molecule has 1 aromatic carbocycles. The summed E-state index contributed by atoms with van der Waals surface area (Å²) in [6.07, 6.45) is 1.10. The molecule has 0 spiro atoms. The molecule has 5 rings (SSSR count). The Kier molecular flexibility index (Phi) is 3.75. The zero-order valence-corrected chi connectivity index (χ0v) is 15.0. The van der Waals surface area contributed by atoms with Crippen molar-refractivity contribution in [2.75, 3.05) is 26.2 Å². The van der Waals surface area contributed by atoms with Gasteiger partial charge < -0.3 is 9.47 Å². The van der Waals surface area contributed by atoms with Crippen LogP contribution in [0.1, 0.15) is 38.7 Å². The Balaban J connectivity index is 1.30. The lowest BCUT2D eigenvalue weighted by molar-refractivity contribution is 0.0603. The van der Waals surface area contributed by atoms with Gasteiger partial charge in [0.2, 0.25) is 0 Å². The molecular formula is C21H21N3O3. The van der Waals surface area contributed by atoms with Crippen LogP contribution in [-0.4, -0.2) is 52.4 Å². The maximum absolute atomic E-state index is 12.5. The standard InChI is InChI=1S/C21H21N3O3/c25-19-7-3-6-18-15-10-14(12-24(18)19)11-22(13-15)8-9-23-20(26)16-4-1-2-5-17(16)21(23)27/h1-7,14-15H,8-13H2. The van der Waals surface area contributed by atoms with Gasteiger partial charge in [-0.05, 0) is 30.5 Å². The van der Waals surface area contributed by atoms with Gasteiger partial charge in [-0.3, -0.25) is 19.3 Å². The summed E-state index contributed by atoms with van der Waals surface area (Å²) in [6.45, 7) is 3.61. The number of nitrogens with zero attached hydrogens (tertiary/aromatic N) is 3. The summed E-state index contributed by atoms with van der Waals surface area (Å²) in [4.78, 5) is 40.9. The van der Waals surface area contributed by atoms with Crippen molar-refractivity contribution >= 4 is 11.8 Å². The van der Waals surface area contributed by atoms with Gasteiger partial charge in [0.25, 0.3) is 17.4 Å². The summed E-state index contributed by atoms with van der Waals surface area (Å²) < 4.78 is 1.92. The lowest BCUT2D eigenvalue weighted by atomic mass is 9.83. The highest BCUT2D eigenvalue weighted by molar-refractivity contribution is 6.21. The van der Waals surface area contributed by atoms with E-state index in [4.69, 9.17) is 0 Å². The highest BCUT2D eigenvalue weighted by Gasteiger charge is 2.37. The zero-order chi connectivity index (χ0) is 18.5. The number of rotatable bonds is 3. The van der Waals surface area contributed by atoms with Crippen LogP contribution in [0.5, 0.6) is 0 Å². The second-order valence-corrected chi connectivity index (χ2v) is 7.77. The molecule has 6 heteroatoms. The third-order valence-electron chi connectivity index (χ3n) is 6.07. The maximum atomic E-state index is 12.5. The first-order chi connectivity index (χ1) is 13.1. The van der Waals surface area contributed by atoms with Crippen LogP contribution in [0.4, 0.5) is 0 Å². The van der Waals surface area contributed by atoms with E-state index in [9.17, 15) is 14.4 Å². The first-order valence-electron chi connectivity index (χ1n) is 9.49. The van der Waals surface area contributed by atoms with Crippen molar-refractivity contribution in [3.8, 4) is 0 Å². The monoisotopic (exact) mass is 363 g/mol. The normalized spacial score (nSPS) is 24.1. The van der Waals surface area contributed by atoms with Crippen LogP contribution < -0.4 is 5.56 Å². The van der Waals surface area contributed by atoms with Crippen LogP contribution in [-0.2, 0) is 6.54 Å². The quantitative estimate of drug-likeness (QED) is 0.777. The minimum Gasteiger partial charge on any atom is -0.312 e. The van der Waals surface area contributed by atoms with E-state index >= 15 is 0 Å². The van der Waals surface area contributed by atoms with Crippen LogP contribution in [0.3, 0.4) is 0 Å². The highest BCUT2D eigenvalue weighted by atomic mass is 16.2. The van der Waals surface area contributed by atoms with E-state index in [1.54, 1.807) is 30.3 Å². The average Bonchev–Trinajstić information content (AvgIpc) is 2.92. The Labute approximate surface area is 157 Å². The molecule has 138 valence electrons. The van der Waals surface area contributed by atoms with Crippen LogP contribution in [0, 0.1) is 5.92 Å². The molecule has 1 saturated heterocycles. The SMILES string of the molecule is O=C1c2ccccc2C(=O)N1CCN1CC2CC(C1)c1cccc(=O)n1C2. The molecule has 1 aromatic heterocycles. The van der Waals surface area contributed by atoms with Crippen molar-refractivity contribution in [1.82, 2.24) is 14.4 Å². The van der Waals surface area contributed by atoms with E-state index in [1.165, 1.54) is 4.90 Å². The number of piperidine rings is 1. The number of imide groups is 1. The summed E-state index contributed by atoms with van der Waals surface area (Å²) in [5.74, 6) is 0.404. The summed E-state index contributed by atoms with van der Waals surface area (Å²) >= 11 is 0. The van der Waals surface area contributed by atoms with E-state index in [2.05, 4.69) is 11.0 Å². The fourth-order valence-corrected chi connectivity index (χ4v) is 4.86. The number of pyridine rings is 1. The number of carbonyl (C=O) groups is 2. The van der Waals surface area contributed by atoms with Crippen molar-refractivity contribution in [3.63, 3.8) is 0 Å². The molecule has 3 aliphatic heterocycles. The van der Waals surface area contributed by atoms with E-state index in [0.29, 0.717) is 36.1 Å². The predicted molar refractivity (Wildman–Crippen MR) is 99.8 cm³/mol. The minimum absolute atomic E-state index is 0.0849. The molecule has 2 atom stereocenters. The fraction of sp³-hybridized carbons (Fsp3) is 0.381. The number of aromatic nitrogens is 1. The number of carbonyl (C=O) groups excluding carboxylic acids is 2. The molecule has 1 fully saturated rings. The van der Waals surface area contributed by atoms with Gasteiger partial charge in [-0.1, -0.05) is 18.2 Å². The predicted octanol–water partition coefficient (Wildman–Crippen LogP) is 1.56. The third-order valence-corrected chi connectivity index (χ3v) is 6.07. The zero-order valence-electron chi connectivity index (χ0n) is 15.0.